The van der Waals surface area contributed by atoms with Crippen molar-refractivity contribution in [2.24, 2.45) is 0 Å². The van der Waals surface area contributed by atoms with Crippen molar-refractivity contribution in [3.05, 3.63) is 204 Å². The third-order valence-electron chi connectivity index (χ3n) is 11.9. The van der Waals surface area contributed by atoms with E-state index in [0.717, 1.165) is 17.1 Å². The highest BCUT2D eigenvalue weighted by Crippen LogP contribution is 2.65. The molecule has 0 N–H and O–H groups in total. The minimum absolute atomic E-state index is 0.476. The zero-order valence-corrected chi connectivity index (χ0v) is 28.2. The van der Waals surface area contributed by atoms with Gasteiger partial charge in [-0.05, 0) is 113 Å². The molecule has 9 aromatic carbocycles. The van der Waals surface area contributed by atoms with Crippen LogP contribution in [0.2, 0.25) is 0 Å². The average Bonchev–Trinajstić information content (AvgIpc) is 3.67. The molecular formula is C51H30O. The molecule has 0 saturated heterocycles. The van der Waals surface area contributed by atoms with Gasteiger partial charge in [-0.3, -0.25) is 0 Å². The highest BCUT2D eigenvalue weighted by molar-refractivity contribution is 6.12. The van der Waals surface area contributed by atoms with Gasteiger partial charge < -0.3 is 4.74 Å². The van der Waals surface area contributed by atoms with Gasteiger partial charge in [0.15, 0.2) is 0 Å². The molecule has 0 fully saturated rings. The van der Waals surface area contributed by atoms with Gasteiger partial charge in [0.05, 0.1) is 5.41 Å². The molecule has 0 atom stereocenters. The summed E-state index contributed by atoms with van der Waals surface area (Å²) in [5.41, 5.74) is 17.5. The number of hydrogen-bond donors (Lipinski definition) is 0. The van der Waals surface area contributed by atoms with Gasteiger partial charge in [0.2, 0.25) is 0 Å². The number of fused-ring (bicyclic) bond motifs is 13. The normalized spacial score (nSPS) is 13.7. The van der Waals surface area contributed by atoms with E-state index in [2.05, 4.69) is 176 Å². The fraction of sp³-hybridized carbons (Fsp3) is 0.0196. The van der Waals surface area contributed by atoms with E-state index in [0.29, 0.717) is 0 Å². The summed E-state index contributed by atoms with van der Waals surface area (Å²) >= 11 is 0. The van der Waals surface area contributed by atoms with Gasteiger partial charge in [0, 0.05) is 10.9 Å². The Hall–Kier alpha value is -6.70. The third kappa shape index (κ3) is 3.48. The van der Waals surface area contributed by atoms with Gasteiger partial charge >= 0.3 is 0 Å². The molecule has 0 amide bonds. The first-order chi connectivity index (χ1) is 25.8. The van der Waals surface area contributed by atoms with Gasteiger partial charge in [-0.2, -0.15) is 0 Å². The largest absolute Gasteiger partial charge is 0.456 e. The molecule has 0 aromatic heterocycles. The van der Waals surface area contributed by atoms with Gasteiger partial charge in [-0.1, -0.05) is 158 Å². The summed E-state index contributed by atoms with van der Waals surface area (Å²) in [5, 5.41) is 4.92. The monoisotopic (exact) mass is 658 g/mol. The Bertz CT molecular complexity index is 2940. The minimum Gasteiger partial charge on any atom is -0.456 e. The fourth-order valence-electron chi connectivity index (χ4n) is 9.86. The lowest BCUT2D eigenvalue weighted by Crippen LogP contribution is -2.26. The van der Waals surface area contributed by atoms with Crippen LogP contribution in [-0.2, 0) is 5.41 Å². The molecule has 9 aromatic rings. The number of rotatable bonds is 2. The van der Waals surface area contributed by atoms with Crippen LogP contribution in [0, 0.1) is 0 Å². The molecule has 240 valence electrons. The molecule has 0 radical (unpaired) electrons. The molecule has 1 heteroatoms. The van der Waals surface area contributed by atoms with Crippen molar-refractivity contribution in [2.45, 2.75) is 5.41 Å². The Morgan fingerprint density at radius 2 is 0.981 bits per heavy atom. The molecule has 1 heterocycles. The smallest absolute Gasteiger partial charge is 0.135 e. The van der Waals surface area contributed by atoms with Crippen molar-refractivity contribution < 1.29 is 4.74 Å². The van der Waals surface area contributed by atoms with Crippen LogP contribution >= 0.6 is 0 Å². The predicted octanol–water partition coefficient (Wildman–Crippen LogP) is 13.4. The van der Waals surface area contributed by atoms with Crippen molar-refractivity contribution in [3.63, 3.8) is 0 Å². The molecule has 12 rings (SSSR count). The topological polar surface area (TPSA) is 9.23 Å². The number of ether oxygens (including phenoxy) is 1. The van der Waals surface area contributed by atoms with E-state index in [1.165, 1.54) is 93.9 Å². The SMILES string of the molecule is c1ccc(-c2c3c(cc4ccccc24)C2(c4ccccc4-c4ccccc42)c2cc(-c4ccc5c6c(cccc46)-c4ccccc4O5)ccc2-3)cc1. The Morgan fingerprint density at radius 3 is 1.81 bits per heavy atom. The van der Waals surface area contributed by atoms with E-state index in [4.69, 9.17) is 4.74 Å². The van der Waals surface area contributed by atoms with Crippen LogP contribution in [0.5, 0.6) is 11.5 Å². The number of benzene rings is 9. The van der Waals surface area contributed by atoms with Crippen LogP contribution in [0.3, 0.4) is 0 Å². The highest BCUT2D eigenvalue weighted by Gasteiger charge is 2.52. The quantitative estimate of drug-likeness (QED) is 0.180. The van der Waals surface area contributed by atoms with Crippen molar-refractivity contribution in [2.75, 3.05) is 0 Å². The van der Waals surface area contributed by atoms with E-state index in [1.54, 1.807) is 0 Å². The first-order valence-electron chi connectivity index (χ1n) is 18.1. The summed E-state index contributed by atoms with van der Waals surface area (Å²) in [6.07, 6.45) is 0. The maximum absolute atomic E-state index is 6.50. The average molecular weight is 659 g/mol. The van der Waals surface area contributed by atoms with Crippen LogP contribution in [0.25, 0.3) is 77.2 Å². The van der Waals surface area contributed by atoms with Crippen molar-refractivity contribution in [1.82, 2.24) is 0 Å². The maximum atomic E-state index is 6.50. The van der Waals surface area contributed by atoms with E-state index in [9.17, 15) is 0 Å². The summed E-state index contributed by atoms with van der Waals surface area (Å²) in [6, 6.07) is 67.3. The van der Waals surface area contributed by atoms with Gasteiger partial charge in [-0.15, -0.1) is 0 Å². The molecule has 2 aliphatic carbocycles. The fourth-order valence-corrected chi connectivity index (χ4v) is 9.86. The Morgan fingerprint density at radius 1 is 0.327 bits per heavy atom. The first kappa shape index (κ1) is 28.0. The molecule has 1 spiro atoms. The zero-order valence-electron chi connectivity index (χ0n) is 28.2. The van der Waals surface area contributed by atoms with Crippen LogP contribution in [-0.4, -0.2) is 0 Å². The molecular weight excluding hydrogens is 629 g/mol. The van der Waals surface area contributed by atoms with Crippen LogP contribution in [0.15, 0.2) is 182 Å². The van der Waals surface area contributed by atoms with Gasteiger partial charge in [-0.25, -0.2) is 0 Å². The zero-order chi connectivity index (χ0) is 34.0. The lowest BCUT2D eigenvalue weighted by Gasteiger charge is -2.31. The Labute approximate surface area is 302 Å². The molecule has 1 aliphatic heterocycles. The molecule has 0 unspecified atom stereocenters. The highest BCUT2D eigenvalue weighted by atomic mass is 16.5. The molecule has 52 heavy (non-hydrogen) atoms. The van der Waals surface area contributed by atoms with Crippen molar-refractivity contribution in [3.8, 4) is 67.1 Å². The lowest BCUT2D eigenvalue weighted by atomic mass is 9.69. The minimum atomic E-state index is -0.476. The van der Waals surface area contributed by atoms with Gasteiger partial charge in [0.25, 0.3) is 0 Å². The van der Waals surface area contributed by atoms with Crippen LogP contribution < -0.4 is 4.74 Å². The number of hydrogen-bond acceptors (Lipinski definition) is 1. The van der Waals surface area contributed by atoms with Crippen LogP contribution in [0.1, 0.15) is 22.3 Å². The second-order valence-corrected chi connectivity index (χ2v) is 14.3. The second kappa shape index (κ2) is 10.2. The second-order valence-electron chi connectivity index (χ2n) is 14.3. The lowest BCUT2D eigenvalue weighted by molar-refractivity contribution is 0.487. The first-order valence-corrected chi connectivity index (χ1v) is 18.1. The summed E-state index contributed by atoms with van der Waals surface area (Å²) in [7, 11) is 0. The predicted molar refractivity (Wildman–Crippen MR) is 214 cm³/mol. The third-order valence-corrected chi connectivity index (χ3v) is 11.9. The number of para-hydroxylation sites is 1. The Kier molecular flexibility index (Phi) is 5.49. The van der Waals surface area contributed by atoms with Gasteiger partial charge in [0.1, 0.15) is 11.5 Å². The van der Waals surface area contributed by atoms with E-state index >= 15 is 0 Å². The molecule has 0 bridgehead atoms. The molecule has 0 saturated carbocycles. The Balaban J connectivity index is 1.21. The van der Waals surface area contributed by atoms with E-state index < -0.39 is 5.41 Å². The summed E-state index contributed by atoms with van der Waals surface area (Å²) in [6.45, 7) is 0. The summed E-state index contributed by atoms with van der Waals surface area (Å²) in [4.78, 5) is 0. The maximum Gasteiger partial charge on any atom is 0.135 e. The van der Waals surface area contributed by atoms with Crippen molar-refractivity contribution >= 4 is 21.5 Å². The molecule has 1 nitrogen and oxygen atoms in total. The van der Waals surface area contributed by atoms with E-state index in [1.807, 2.05) is 6.07 Å². The van der Waals surface area contributed by atoms with E-state index in [-0.39, 0.29) is 0 Å². The standard InChI is InChI=1S/C51H30O/c1-2-13-31(14-3-1)48-35-16-5-4-15-32(35)30-45-50(48)41-26-25-33(29-44(41)51(45)42-22-9-6-17-36(42)37-18-7-10-23-43(37)51)34-27-28-47-49-39(34)20-12-21-40(49)38-19-8-11-24-46(38)52-47/h1-30H. The van der Waals surface area contributed by atoms with Crippen molar-refractivity contribution in [1.29, 1.82) is 0 Å². The van der Waals surface area contributed by atoms with Crippen LogP contribution in [0.4, 0.5) is 0 Å². The summed E-state index contributed by atoms with van der Waals surface area (Å²) in [5.74, 6) is 1.82. The molecule has 3 aliphatic rings. The summed E-state index contributed by atoms with van der Waals surface area (Å²) < 4.78 is 6.50.